The summed E-state index contributed by atoms with van der Waals surface area (Å²) in [6, 6.07) is 12.2. The van der Waals surface area contributed by atoms with Crippen molar-refractivity contribution >= 4 is 9.84 Å². The van der Waals surface area contributed by atoms with Crippen molar-refractivity contribution in [3.8, 4) is 22.3 Å². The van der Waals surface area contributed by atoms with Gasteiger partial charge in [-0.2, -0.15) is 5.10 Å². The molecule has 0 radical (unpaired) electrons. The molecule has 4 rings (SSSR count). The van der Waals surface area contributed by atoms with Crippen LogP contribution in [0.15, 0.2) is 64.4 Å². The molecule has 2 unspecified atom stereocenters. The number of halogens is 1. The first-order valence-corrected chi connectivity index (χ1v) is 11.8. The molecule has 1 saturated carbocycles. The Morgan fingerprint density at radius 2 is 1.63 bits per heavy atom. The fraction of sp³-hybridized carbons (Fsp3) is 0.304. The predicted molar refractivity (Wildman–Crippen MR) is 114 cm³/mol. The number of nitrogens with zero attached hydrogens (tertiary/aromatic N) is 2. The molecule has 7 heteroatoms. The van der Waals surface area contributed by atoms with Crippen LogP contribution >= 0.6 is 0 Å². The molecule has 3 aromatic rings. The zero-order valence-electron chi connectivity index (χ0n) is 16.9. The molecular formula is C23H23FN2O3S. The minimum atomic E-state index is -3.32. The van der Waals surface area contributed by atoms with E-state index in [0.717, 1.165) is 25.5 Å². The van der Waals surface area contributed by atoms with Gasteiger partial charge in [-0.1, -0.05) is 37.6 Å². The molecule has 0 bridgehead atoms. The summed E-state index contributed by atoms with van der Waals surface area (Å²) in [6.07, 6.45) is 5.82. The number of aromatic nitrogens is 2. The van der Waals surface area contributed by atoms with Gasteiger partial charge in [0.05, 0.1) is 22.7 Å². The maximum absolute atomic E-state index is 13.5. The number of hydrogen-bond acceptors (Lipinski definition) is 4. The summed E-state index contributed by atoms with van der Waals surface area (Å²) in [5.74, 6) is -0.0206. The lowest BCUT2D eigenvalue weighted by atomic mass is 9.97. The van der Waals surface area contributed by atoms with Crippen molar-refractivity contribution in [2.45, 2.75) is 37.1 Å². The second kappa shape index (κ2) is 7.80. The molecule has 0 aliphatic heterocycles. The highest BCUT2D eigenvalue weighted by Crippen LogP contribution is 2.35. The van der Waals surface area contributed by atoms with Crippen molar-refractivity contribution in [2.24, 2.45) is 5.92 Å². The van der Waals surface area contributed by atoms with Crippen molar-refractivity contribution in [2.75, 3.05) is 6.26 Å². The Bertz CT molecular complexity index is 1230. The first kappa shape index (κ1) is 20.5. The second-order valence-electron chi connectivity index (χ2n) is 7.96. The molecule has 2 aromatic carbocycles. The third-order valence-corrected chi connectivity index (χ3v) is 6.99. The Hall–Kier alpha value is -2.80. The van der Waals surface area contributed by atoms with Gasteiger partial charge in [-0.05, 0) is 54.2 Å². The van der Waals surface area contributed by atoms with Crippen molar-refractivity contribution in [1.82, 2.24) is 9.78 Å². The highest BCUT2D eigenvalue weighted by Gasteiger charge is 2.28. The van der Waals surface area contributed by atoms with Gasteiger partial charge in [0.2, 0.25) is 0 Å². The van der Waals surface area contributed by atoms with Crippen LogP contribution in [-0.4, -0.2) is 24.5 Å². The molecule has 2 atom stereocenters. The van der Waals surface area contributed by atoms with Gasteiger partial charge in [0.25, 0.3) is 5.56 Å². The standard InChI is InChI=1S/C23H23FN2O3S/c1-15-4-3-5-21(15)26-23(27)22(17-6-10-18(24)11-7-17)20(14-25-26)16-8-12-19(13-9-16)30(2,28)29/h6-15,21H,3-5H2,1-2H3. The van der Waals surface area contributed by atoms with E-state index in [9.17, 15) is 17.6 Å². The lowest BCUT2D eigenvalue weighted by molar-refractivity contribution is 0.360. The highest BCUT2D eigenvalue weighted by atomic mass is 32.2. The van der Waals surface area contributed by atoms with Crippen LogP contribution < -0.4 is 5.56 Å². The fourth-order valence-electron chi connectivity index (χ4n) is 4.19. The van der Waals surface area contributed by atoms with Gasteiger partial charge in [0.15, 0.2) is 9.84 Å². The molecule has 5 nitrogen and oxygen atoms in total. The van der Waals surface area contributed by atoms with E-state index in [-0.39, 0.29) is 22.3 Å². The summed E-state index contributed by atoms with van der Waals surface area (Å²) in [5, 5.41) is 4.47. The Morgan fingerprint density at radius 1 is 1.00 bits per heavy atom. The third kappa shape index (κ3) is 3.81. The van der Waals surface area contributed by atoms with Gasteiger partial charge < -0.3 is 0 Å². The number of rotatable bonds is 4. The summed E-state index contributed by atoms with van der Waals surface area (Å²) in [5.41, 5.74) is 2.10. The molecule has 0 spiro atoms. The zero-order chi connectivity index (χ0) is 21.5. The van der Waals surface area contributed by atoms with Crippen LogP contribution in [0.2, 0.25) is 0 Å². The van der Waals surface area contributed by atoms with E-state index < -0.39 is 9.84 Å². The van der Waals surface area contributed by atoms with E-state index in [0.29, 0.717) is 28.2 Å². The van der Waals surface area contributed by atoms with E-state index in [1.54, 1.807) is 35.1 Å². The predicted octanol–water partition coefficient (Wildman–Crippen LogP) is 4.48. The Balaban J connectivity index is 1.91. The molecule has 1 heterocycles. The summed E-state index contributed by atoms with van der Waals surface area (Å²) in [7, 11) is -3.32. The monoisotopic (exact) mass is 426 g/mol. The normalized spacial score (nSPS) is 19.2. The van der Waals surface area contributed by atoms with Crippen LogP contribution in [0.3, 0.4) is 0 Å². The topological polar surface area (TPSA) is 69.0 Å². The molecule has 156 valence electrons. The Morgan fingerprint density at radius 3 is 2.20 bits per heavy atom. The number of sulfone groups is 1. The third-order valence-electron chi connectivity index (χ3n) is 5.86. The molecule has 1 fully saturated rings. The maximum atomic E-state index is 13.5. The highest BCUT2D eigenvalue weighted by molar-refractivity contribution is 7.90. The molecule has 30 heavy (non-hydrogen) atoms. The number of benzene rings is 2. The first-order chi connectivity index (χ1) is 14.3. The van der Waals surface area contributed by atoms with Crippen molar-refractivity contribution in [1.29, 1.82) is 0 Å². The van der Waals surface area contributed by atoms with Crippen LogP contribution in [0.5, 0.6) is 0 Å². The zero-order valence-corrected chi connectivity index (χ0v) is 17.7. The summed E-state index contributed by atoms with van der Waals surface area (Å²) in [4.78, 5) is 13.7. The molecule has 1 aliphatic carbocycles. The lowest BCUT2D eigenvalue weighted by Gasteiger charge is -2.20. The smallest absolute Gasteiger partial charge is 0.267 e. The van der Waals surface area contributed by atoms with E-state index in [2.05, 4.69) is 12.0 Å². The van der Waals surface area contributed by atoms with Gasteiger partial charge in [-0.25, -0.2) is 17.5 Å². The van der Waals surface area contributed by atoms with E-state index in [1.165, 1.54) is 24.3 Å². The maximum Gasteiger partial charge on any atom is 0.275 e. The second-order valence-corrected chi connectivity index (χ2v) is 9.98. The molecule has 0 N–H and O–H groups in total. The quantitative estimate of drug-likeness (QED) is 0.617. The van der Waals surface area contributed by atoms with E-state index >= 15 is 0 Å². The average molecular weight is 427 g/mol. The van der Waals surface area contributed by atoms with Crippen molar-refractivity contribution < 1.29 is 12.8 Å². The van der Waals surface area contributed by atoms with Crippen LogP contribution in [0.25, 0.3) is 22.3 Å². The molecule has 1 aliphatic rings. The van der Waals surface area contributed by atoms with Gasteiger partial charge in [-0.3, -0.25) is 4.79 Å². The van der Waals surface area contributed by atoms with E-state index in [4.69, 9.17) is 0 Å². The van der Waals surface area contributed by atoms with Gasteiger partial charge in [0.1, 0.15) is 5.82 Å². The molecule has 0 saturated heterocycles. The minimum Gasteiger partial charge on any atom is -0.267 e. The van der Waals surface area contributed by atoms with E-state index in [1.807, 2.05) is 0 Å². The summed E-state index contributed by atoms with van der Waals surface area (Å²) < 4.78 is 38.6. The molecule has 1 aromatic heterocycles. The number of hydrogen-bond donors (Lipinski definition) is 0. The minimum absolute atomic E-state index is 0.0401. The van der Waals surface area contributed by atoms with Crippen LogP contribution in [-0.2, 0) is 9.84 Å². The Kier molecular flexibility index (Phi) is 5.32. The largest absolute Gasteiger partial charge is 0.275 e. The lowest BCUT2D eigenvalue weighted by Crippen LogP contribution is -2.30. The fourth-order valence-corrected chi connectivity index (χ4v) is 4.82. The van der Waals surface area contributed by atoms with Gasteiger partial charge in [0, 0.05) is 11.8 Å². The van der Waals surface area contributed by atoms with Crippen LogP contribution in [0.4, 0.5) is 4.39 Å². The summed E-state index contributed by atoms with van der Waals surface area (Å²) in [6.45, 7) is 2.13. The Labute approximate surface area is 175 Å². The first-order valence-electron chi connectivity index (χ1n) is 9.94. The summed E-state index contributed by atoms with van der Waals surface area (Å²) >= 11 is 0. The molecule has 0 amide bonds. The van der Waals surface area contributed by atoms with Gasteiger partial charge in [-0.15, -0.1) is 0 Å². The van der Waals surface area contributed by atoms with Crippen molar-refractivity contribution in [3.05, 3.63) is 70.9 Å². The average Bonchev–Trinajstić information content (AvgIpc) is 3.14. The SMILES string of the molecule is CC1CCCC1n1ncc(-c2ccc(S(C)(=O)=O)cc2)c(-c2ccc(F)cc2)c1=O. The molecular weight excluding hydrogens is 403 g/mol. The van der Waals surface area contributed by atoms with Crippen LogP contribution in [0.1, 0.15) is 32.2 Å². The van der Waals surface area contributed by atoms with Crippen molar-refractivity contribution in [3.63, 3.8) is 0 Å². The van der Waals surface area contributed by atoms with Crippen LogP contribution in [0, 0.1) is 11.7 Å². The van der Waals surface area contributed by atoms with Gasteiger partial charge >= 0.3 is 0 Å².